The van der Waals surface area contributed by atoms with Crippen LogP contribution in [0.1, 0.15) is 59.2 Å². The van der Waals surface area contributed by atoms with Gasteiger partial charge in [0.15, 0.2) is 5.11 Å². The van der Waals surface area contributed by atoms with Crippen LogP contribution in [0.4, 0.5) is 28.9 Å². The summed E-state index contributed by atoms with van der Waals surface area (Å²) < 4.78 is 56.8. The number of carbonyl (C=O) groups is 2. The molecule has 0 bridgehead atoms. The minimum Gasteiger partial charge on any atom is -0.348 e. The van der Waals surface area contributed by atoms with E-state index < -0.39 is 40.5 Å². The fourth-order valence-electron chi connectivity index (χ4n) is 6.02. The van der Waals surface area contributed by atoms with E-state index in [-0.39, 0.29) is 28.6 Å². The number of aromatic nitrogens is 2. The Labute approximate surface area is 254 Å². The summed E-state index contributed by atoms with van der Waals surface area (Å²) in [6.45, 7) is -0.111. The van der Waals surface area contributed by atoms with Crippen LogP contribution >= 0.6 is 12.2 Å². The second-order valence-electron chi connectivity index (χ2n) is 10.8. The van der Waals surface area contributed by atoms with Crippen molar-refractivity contribution in [2.45, 2.75) is 50.4 Å². The number of amides is 2. The second kappa shape index (κ2) is 11.0. The van der Waals surface area contributed by atoms with Gasteiger partial charge >= 0.3 is 6.18 Å². The molecule has 44 heavy (non-hydrogen) atoms. The molecule has 1 aliphatic carbocycles. The van der Waals surface area contributed by atoms with Crippen LogP contribution in [0.2, 0.25) is 0 Å². The maximum atomic E-state index is 15.5. The summed E-state index contributed by atoms with van der Waals surface area (Å²) in [5.41, 5.74) is -1.44. The molecule has 2 aliphatic rings. The number of anilines is 2. The van der Waals surface area contributed by atoms with E-state index >= 15 is 4.39 Å². The molecule has 1 saturated heterocycles. The van der Waals surface area contributed by atoms with Gasteiger partial charge in [0.2, 0.25) is 0 Å². The van der Waals surface area contributed by atoms with Crippen LogP contribution in [0.3, 0.4) is 0 Å². The maximum Gasteiger partial charge on any atom is 0.417 e. The van der Waals surface area contributed by atoms with E-state index in [9.17, 15) is 28.0 Å². The summed E-state index contributed by atoms with van der Waals surface area (Å²) in [5.74, 6) is -1.54. The number of alkyl halides is 3. The van der Waals surface area contributed by atoms with Gasteiger partial charge in [0.25, 0.3) is 11.8 Å². The molecule has 0 unspecified atom stereocenters. The summed E-state index contributed by atoms with van der Waals surface area (Å²) in [4.78, 5) is 29.4. The average molecular weight is 621 g/mol. The summed E-state index contributed by atoms with van der Waals surface area (Å²) in [7, 11) is 0. The van der Waals surface area contributed by atoms with Crippen molar-refractivity contribution >= 4 is 51.4 Å². The predicted octanol–water partition coefficient (Wildman–Crippen LogP) is 6.36. The Hall–Kier alpha value is -4.83. The molecule has 2 fully saturated rings. The molecule has 13 heteroatoms. The van der Waals surface area contributed by atoms with Crippen molar-refractivity contribution in [3.63, 3.8) is 0 Å². The van der Waals surface area contributed by atoms with E-state index in [0.717, 1.165) is 34.4 Å². The molecule has 4 aromatic rings. The van der Waals surface area contributed by atoms with Gasteiger partial charge in [-0.1, -0.05) is 25.3 Å². The molecule has 1 aromatic heterocycles. The highest BCUT2D eigenvalue weighted by atomic mass is 32.1. The summed E-state index contributed by atoms with van der Waals surface area (Å²) >= 11 is 5.70. The second-order valence-corrected chi connectivity index (χ2v) is 11.2. The third kappa shape index (κ3) is 4.94. The highest BCUT2D eigenvalue weighted by Crippen LogP contribution is 2.46. The van der Waals surface area contributed by atoms with E-state index in [1.54, 1.807) is 35.4 Å². The van der Waals surface area contributed by atoms with E-state index in [1.807, 2.05) is 0 Å². The number of thiocarbonyl (C=S) groups is 1. The Kier molecular flexibility index (Phi) is 7.33. The number of benzene rings is 3. The van der Waals surface area contributed by atoms with Crippen LogP contribution in [0.5, 0.6) is 0 Å². The summed E-state index contributed by atoms with van der Waals surface area (Å²) in [5, 5.41) is 19.3. The number of nitriles is 1. The minimum atomic E-state index is -4.83. The number of nitrogens with one attached hydrogen (secondary N) is 2. The number of rotatable bonds is 5. The molecule has 3 aromatic carbocycles. The van der Waals surface area contributed by atoms with Crippen LogP contribution in [0, 0.1) is 17.1 Å². The van der Waals surface area contributed by atoms with Gasteiger partial charge in [0, 0.05) is 28.7 Å². The van der Waals surface area contributed by atoms with E-state index in [2.05, 4.69) is 15.5 Å². The molecule has 224 valence electrons. The van der Waals surface area contributed by atoms with Crippen molar-refractivity contribution in [1.29, 1.82) is 5.26 Å². The lowest BCUT2D eigenvalue weighted by atomic mass is 9.80. The molecule has 8 nitrogen and oxygen atoms in total. The van der Waals surface area contributed by atoms with E-state index in [0.29, 0.717) is 31.2 Å². The normalized spacial score (nSPS) is 16.5. The Morgan fingerprint density at radius 3 is 2.52 bits per heavy atom. The van der Waals surface area contributed by atoms with Crippen molar-refractivity contribution in [2.75, 3.05) is 9.80 Å². The lowest BCUT2D eigenvalue weighted by Crippen LogP contribution is -2.51. The van der Waals surface area contributed by atoms with Crippen LogP contribution in [-0.2, 0) is 17.5 Å². The summed E-state index contributed by atoms with van der Waals surface area (Å²) in [6.07, 6.45) is -0.251. The Morgan fingerprint density at radius 2 is 1.82 bits per heavy atom. The molecule has 1 aliphatic heterocycles. The Bertz CT molecular complexity index is 1860. The minimum absolute atomic E-state index is 0.0789. The first-order valence-corrected chi connectivity index (χ1v) is 14.2. The predicted molar refractivity (Wildman–Crippen MR) is 158 cm³/mol. The number of hydrogen-bond acceptors (Lipinski definition) is 5. The first-order valence-electron chi connectivity index (χ1n) is 13.8. The maximum absolute atomic E-state index is 15.5. The molecule has 2 heterocycles. The fraction of sp³-hybridized carbons (Fsp3) is 0.258. The van der Waals surface area contributed by atoms with Crippen LogP contribution in [0.15, 0.2) is 60.8 Å². The third-order valence-corrected chi connectivity index (χ3v) is 8.58. The number of nitrogens with zero attached hydrogens (tertiary/aromatic N) is 4. The molecule has 1 spiro atoms. The SMILES string of the molecule is N#Cc1ccc(N2C(=O)C3(CCCCC3)N(c3ccc(CNC(=O)c4ccc5[nH]ncc5c4)c(F)c3)C2=S)cc1C(F)(F)F. The van der Waals surface area contributed by atoms with Gasteiger partial charge in [-0.25, -0.2) is 4.39 Å². The average Bonchev–Trinajstić information content (AvgIpc) is 3.56. The van der Waals surface area contributed by atoms with Crippen molar-refractivity contribution in [2.24, 2.45) is 0 Å². The molecule has 0 radical (unpaired) electrons. The molecule has 6 rings (SSSR count). The molecular formula is C31H24F4N6O2S. The molecular weight excluding hydrogens is 596 g/mol. The molecule has 1 saturated carbocycles. The Balaban J connectivity index is 1.29. The van der Waals surface area contributed by atoms with Gasteiger partial charge < -0.3 is 10.2 Å². The summed E-state index contributed by atoms with van der Waals surface area (Å²) in [6, 6.07) is 13.9. The van der Waals surface area contributed by atoms with Gasteiger partial charge in [0.1, 0.15) is 11.4 Å². The lowest BCUT2D eigenvalue weighted by molar-refractivity contribution is -0.137. The van der Waals surface area contributed by atoms with Crippen molar-refractivity contribution in [1.82, 2.24) is 15.5 Å². The monoisotopic (exact) mass is 620 g/mol. The number of carbonyl (C=O) groups excluding carboxylic acids is 2. The standard InChI is InChI=1S/C31H24F4N6O2S/c32-25-14-23(8-5-20(25)16-37-27(42)18-6-9-26-21(12-18)17-38-39-26)41-29(44)40(28(43)30(41)10-2-1-3-11-30)22-7-4-19(15-36)24(13-22)31(33,34)35/h4-9,12-14,17H,1-3,10-11,16H2,(H,37,42)(H,38,39). The van der Waals surface area contributed by atoms with Crippen molar-refractivity contribution in [3.8, 4) is 6.07 Å². The van der Waals surface area contributed by atoms with E-state index in [1.165, 1.54) is 24.3 Å². The largest absolute Gasteiger partial charge is 0.417 e. The van der Waals surface area contributed by atoms with Crippen LogP contribution in [0.25, 0.3) is 10.9 Å². The third-order valence-electron chi connectivity index (χ3n) is 8.22. The quantitative estimate of drug-likeness (QED) is 0.199. The zero-order valence-corrected chi connectivity index (χ0v) is 23.9. The number of H-pyrrole nitrogens is 1. The van der Waals surface area contributed by atoms with Crippen molar-refractivity contribution < 1.29 is 27.2 Å². The zero-order chi connectivity index (χ0) is 31.2. The van der Waals surface area contributed by atoms with Gasteiger partial charge in [-0.3, -0.25) is 19.6 Å². The number of hydrogen-bond donors (Lipinski definition) is 2. The van der Waals surface area contributed by atoms with E-state index in [4.69, 9.17) is 12.2 Å². The Morgan fingerprint density at radius 1 is 1.07 bits per heavy atom. The smallest absolute Gasteiger partial charge is 0.348 e. The number of fused-ring (bicyclic) bond motifs is 1. The van der Waals surface area contributed by atoms with Gasteiger partial charge in [-0.15, -0.1) is 0 Å². The van der Waals surface area contributed by atoms with Gasteiger partial charge in [-0.05, 0) is 73.6 Å². The van der Waals surface area contributed by atoms with Crippen LogP contribution in [-0.4, -0.2) is 32.7 Å². The molecule has 2 N–H and O–H groups in total. The highest BCUT2D eigenvalue weighted by molar-refractivity contribution is 7.81. The zero-order valence-electron chi connectivity index (χ0n) is 23.0. The fourth-order valence-corrected chi connectivity index (χ4v) is 6.49. The van der Waals surface area contributed by atoms with Gasteiger partial charge in [-0.2, -0.15) is 23.5 Å². The highest BCUT2D eigenvalue weighted by Gasteiger charge is 2.56. The molecule has 2 amide bonds. The molecule has 0 atom stereocenters. The first kappa shape index (κ1) is 29.3. The lowest BCUT2D eigenvalue weighted by Gasteiger charge is -2.39. The topological polar surface area (TPSA) is 105 Å². The number of halogens is 4. The van der Waals surface area contributed by atoms with Gasteiger partial charge in [0.05, 0.1) is 34.6 Å². The first-order chi connectivity index (χ1) is 21.0. The van der Waals surface area contributed by atoms with Crippen molar-refractivity contribution in [3.05, 3.63) is 88.9 Å². The number of aromatic amines is 1. The van der Waals surface area contributed by atoms with Crippen LogP contribution < -0.4 is 15.1 Å².